The Bertz CT molecular complexity index is 545. The molecule has 0 spiro atoms. The third-order valence-corrected chi connectivity index (χ3v) is 2.18. The first-order valence-electron chi connectivity index (χ1n) is 4.83. The van der Waals surface area contributed by atoms with E-state index in [1.54, 1.807) is 19.1 Å². The van der Waals surface area contributed by atoms with Crippen molar-refractivity contribution >= 4 is 17.0 Å². The van der Waals surface area contributed by atoms with Gasteiger partial charge in [0.25, 0.3) is 11.6 Å². The smallest absolute Gasteiger partial charge is 0.257 e. The van der Waals surface area contributed by atoms with Crippen molar-refractivity contribution in [1.29, 1.82) is 0 Å². The first-order valence-corrected chi connectivity index (χ1v) is 4.83. The van der Waals surface area contributed by atoms with Crippen LogP contribution in [-0.2, 0) is 0 Å². The van der Waals surface area contributed by atoms with Gasteiger partial charge in [0.15, 0.2) is 0 Å². The highest BCUT2D eigenvalue weighted by Gasteiger charge is 2.10. The Morgan fingerprint density at radius 1 is 1.69 bits per heavy atom. The number of rotatable bonds is 3. The molecular formula is C11H11N3O2. The first-order chi connectivity index (χ1) is 7.72. The van der Waals surface area contributed by atoms with E-state index < -0.39 is 0 Å². The lowest BCUT2D eigenvalue weighted by Gasteiger charge is -2.00. The summed E-state index contributed by atoms with van der Waals surface area (Å²) in [5, 5.41) is 7.21. The molecule has 0 saturated carbocycles. The summed E-state index contributed by atoms with van der Waals surface area (Å²) in [7, 11) is 0. The van der Waals surface area contributed by atoms with Gasteiger partial charge in [-0.15, -0.1) is 6.58 Å². The third kappa shape index (κ3) is 1.79. The predicted molar refractivity (Wildman–Crippen MR) is 59.1 cm³/mol. The van der Waals surface area contributed by atoms with E-state index in [0.29, 0.717) is 17.8 Å². The van der Waals surface area contributed by atoms with Gasteiger partial charge in [-0.3, -0.25) is 4.79 Å². The number of hydrogen-bond acceptors (Lipinski definition) is 4. The molecule has 2 aromatic rings. The molecule has 0 radical (unpaired) electrons. The van der Waals surface area contributed by atoms with Crippen molar-refractivity contribution in [2.24, 2.45) is 0 Å². The summed E-state index contributed by atoms with van der Waals surface area (Å²) in [4.78, 5) is 15.6. The number of pyridine rings is 1. The number of fused-ring (bicyclic) bond motifs is 1. The predicted octanol–water partition coefficient (Wildman–Crippen LogP) is 1.45. The number of carbonyl (C=O) groups is 1. The Morgan fingerprint density at radius 2 is 2.50 bits per heavy atom. The second-order valence-electron chi connectivity index (χ2n) is 3.34. The molecule has 0 aliphatic carbocycles. The van der Waals surface area contributed by atoms with Gasteiger partial charge in [0, 0.05) is 12.7 Å². The van der Waals surface area contributed by atoms with E-state index in [-0.39, 0.29) is 5.91 Å². The molecule has 0 aromatic carbocycles. The van der Waals surface area contributed by atoms with Crippen molar-refractivity contribution in [2.75, 3.05) is 6.54 Å². The summed E-state index contributed by atoms with van der Waals surface area (Å²) in [5.41, 5.74) is 1.65. The zero-order valence-corrected chi connectivity index (χ0v) is 8.86. The molecule has 0 aliphatic rings. The van der Waals surface area contributed by atoms with Crippen LogP contribution >= 0.6 is 0 Å². The van der Waals surface area contributed by atoms with E-state index in [2.05, 4.69) is 22.0 Å². The summed E-state index contributed by atoms with van der Waals surface area (Å²) >= 11 is 0. The minimum Gasteiger partial charge on any atom is -0.349 e. The van der Waals surface area contributed by atoms with Crippen LogP contribution in [0.5, 0.6) is 0 Å². The van der Waals surface area contributed by atoms with Crippen LogP contribution in [0.1, 0.15) is 16.1 Å². The molecule has 2 aromatic heterocycles. The van der Waals surface area contributed by atoms with Crippen molar-refractivity contribution in [2.45, 2.75) is 6.92 Å². The molecule has 0 bridgehead atoms. The second kappa shape index (κ2) is 4.14. The highest BCUT2D eigenvalue weighted by Crippen LogP contribution is 2.16. The fraction of sp³-hybridized carbons (Fsp3) is 0.182. The average molecular weight is 217 g/mol. The molecule has 1 amide bonds. The summed E-state index contributed by atoms with van der Waals surface area (Å²) in [6.45, 7) is 5.76. The van der Waals surface area contributed by atoms with Crippen LogP contribution in [-0.4, -0.2) is 22.6 Å². The van der Waals surface area contributed by atoms with Gasteiger partial charge in [0.1, 0.15) is 0 Å². The topological polar surface area (TPSA) is 68.0 Å². The Morgan fingerprint density at radius 3 is 3.25 bits per heavy atom. The fourth-order valence-electron chi connectivity index (χ4n) is 1.34. The van der Waals surface area contributed by atoms with E-state index in [0.717, 1.165) is 11.1 Å². The fourth-order valence-corrected chi connectivity index (χ4v) is 1.34. The molecule has 2 heterocycles. The maximum atomic E-state index is 11.6. The van der Waals surface area contributed by atoms with Crippen molar-refractivity contribution in [3.63, 3.8) is 0 Å². The maximum absolute atomic E-state index is 11.6. The van der Waals surface area contributed by atoms with Crippen LogP contribution < -0.4 is 5.32 Å². The minimum absolute atomic E-state index is 0.185. The molecule has 0 fully saturated rings. The largest absolute Gasteiger partial charge is 0.349 e. The quantitative estimate of drug-likeness (QED) is 0.790. The molecule has 5 heteroatoms. The van der Waals surface area contributed by atoms with E-state index >= 15 is 0 Å². The number of amides is 1. The molecule has 82 valence electrons. The zero-order chi connectivity index (χ0) is 11.5. The van der Waals surface area contributed by atoms with Crippen molar-refractivity contribution in [1.82, 2.24) is 15.5 Å². The molecule has 16 heavy (non-hydrogen) atoms. The number of aryl methyl sites for hydroxylation is 1. The Hall–Kier alpha value is -2.17. The summed E-state index contributed by atoms with van der Waals surface area (Å²) in [5.74, 6) is -0.185. The lowest BCUT2D eigenvalue weighted by Crippen LogP contribution is -2.23. The highest BCUT2D eigenvalue weighted by molar-refractivity contribution is 5.96. The third-order valence-electron chi connectivity index (χ3n) is 2.18. The van der Waals surface area contributed by atoms with E-state index in [1.165, 1.54) is 6.20 Å². The lowest BCUT2D eigenvalue weighted by atomic mass is 10.2. The SMILES string of the molecule is C=CCNC(=O)c1cnc2onc(C)c2c1. The van der Waals surface area contributed by atoms with Crippen molar-refractivity contribution < 1.29 is 9.32 Å². The number of nitrogens with one attached hydrogen (secondary N) is 1. The van der Waals surface area contributed by atoms with Crippen molar-refractivity contribution in [3.8, 4) is 0 Å². The van der Waals surface area contributed by atoms with Crippen LogP contribution in [0, 0.1) is 6.92 Å². The standard InChI is InChI=1S/C11H11N3O2/c1-3-4-12-10(15)8-5-9-7(2)14-16-11(9)13-6-8/h3,5-6H,1,4H2,2H3,(H,12,15). The van der Waals surface area contributed by atoms with Gasteiger partial charge in [0.05, 0.1) is 16.6 Å². The zero-order valence-electron chi connectivity index (χ0n) is 8.86. The van der Waals surface area contributed by atoms with Crippen LogP contribution in [0.4, 0.5) is 0 Å². The number of carbonyl (C=O) groups excluding carboxylic acids is 1. The molecule has 0 atom stereocenters. The first kappa shape index (κ1) is 10.4. The van der Waals surface area contributed by atoms with E-state index in [4.69, 9.17) is 4.52 Å². The van der Waals surface area contributed by atoms with Gasteiger partial charge in [-0.2, -0.15) is 0 Å². The Labute approximate surface area is 92.1 Å². The van der Waals surface area contributed by atoms with Gasteiger partial charge in [-0.1, -0.05) is 11.2 Å². The number of aromatic nitrogens is 2. The van der Waals surface area contributed by atoms with Crippen LogP contribution in [0.3, 0.4) is 0 Å². The normalized spacial score (nSPS) is 10.3. The van der Waals surface area contributed by atoms with Gasteiger partial charge in [-0.05, 0) is 13.0 Å². The summed E-state index contributed by atoms with van der Waals surface area (Å²) in [6, 6.07) is 1.71. The Balaban J connectivity index is 2.34. The average Bonchev–Trinajstić information content (AvgIpc) is 2.67. The summed E-state index contributed by atoms with van der Waals surface area (Å²) in [6.07, 6.45) is 3.08. The highest BCUT2D eigenvalue weighted by atomic mass is 16.5. The van der Waals surface area contributed by atoms with Gasteiger partial charge >= 0.3 is 0 Å². The molecule has 0 saturated heterocycles. The Kier molecular flexibility index (Phi) is 2.68. The maximum Gasteiger partial charge on any atom is 0.257 e. The molecule has 1 N–H and O–H groups in total. The number of hydrogen-bond donors (Lipinski definition) is 1. The number of nitrogens with zero attached hydrogens (tertiary/aromatic N) is 2. The second-order valence-corrected chi connectivity index (χ2v) is 3.34. The minimum atomic E-state index is -0.185. The molecule has 0 aliphatic heterocycles. The molecule has 0 unspecified atom stereocenters. The van der Waals surface area contributed by atoms with Crippen LogP contribution in [0.25, 0.3) is 11.1 Å². The molecular weight excluding hydrogens is 206 g/mol. The molecule has 2 rings (SSSR count). The molecule has 5 nitrogen and oxygen atoms in total. The van der Waals surface area contributed by atoms with Gasteiger partial charge < -0.3 is 9.84 Å². The van der Waals surface area contributed by atoms with Crippen LogP contribution in [0.15, 0.2) is 29.4 Å². The van der Waals surface area contributed by atoms with Gasteiger partial charge in [-0.25, -0.2) is 4.98 Å². The van der Waals surface area contributed by atoms with Gasteiger partial charge in [0.2, 0.25) is 0 Å². The van der Waals surface area contributed by atoms with Crippen molar-refractivity contribution in [3.05, 3.63) is 36.2 Å². The lowest BCUT2D eigenvalue weighted by molar-refractivity contribution is 0.0958. The van der Waals surface area contributed by atoms with E-state index in [1.807, 2.05) is 0 Å². The van der Waals surface area contributed by atoms with E-state index in [9.17, 15) is 4.79 Å². The van der Waals surface area contributed by atoms with Crippen LogP contribution in [0.2, 0.25) is 0 Å². The monoisotopic (exact) mass is 217 g/mol. The summed E-state index contributed by atoms with van der Waals surface area (Å²) < 4.78 is 4.96.